The fourth-order valence-electron chi connectivity index (χ4n) is 1.88. The molecule has 1 aromatic rings. The predicted molar refractivity (Wildman–Crippen MR) is 69.6 cm³/mol. The molecule has 0 amide bonds. The highest BCUT2D eigenvalue weighted by Gasteiger charge is 2.19. The number of hydrogen-bond donors (Lipinski definition) is 0. The summed E-state index contributed by atoms with van der Waals surface area (Å²) in [6.07, 6.45) is 5.34. The molecule has 0 spiro atoms. The van der Waals surface area contributed by atoms with Crippen LogP contribution in [0.4, 0.5) is 0 Å². The molecule has 92 valence electrons. The van der Waals surface area contributed by atoms with Crippen LogP contribution >= 0.6 is 0 Å². The second-order valence-electron chi connectivity index (χ2n) is 4.38. The Hall–Kier alpha value is -1.12. The lowest BCUT2D eigenvalue weighted by atomic mass is 10.1. The van der Waals surface area contributed by atoms with Crippen molar-refractivity contribution in [3.05, 3.63) is 41.5 Å². The number of hydrogen-bond acceptors (Lipinski definition) is 2. The van der Waals surface area contributed by atoms with Gasteiger partial charge in [-0.15, -0.1) is 0 Å². The quantitative estimate of drug-likeness (QED) is 0.722. The summed E-state index contributed by atoms with van der Waals surface area (Å²) in [5.41, 5.74) is 2.55. The number of unbranched alkanes of at least 4 members (excludes halogenated alkanes) is 1. The van der Waals surface area contributed by atoms with Crippen LogP contribution in [0.25, 0.3) is 6.08 Å². The summed E-state index contributed by atoms with van der Waals surface area (Å²) in [6.45, 7) is 3.67. The third-order valence-corrected chi connectivity index (χ3v) is 2.86. The van der Waals surface area contributed by atoms with E-state index < -0.39 is 0 Å². The van der Waals surface area contributed by atoms with Crippen molar-refractivity contribution in [1.82, 2.24) is 0 Å². The van der Waals surface area contributed by atoms with Crippen molar-refractivity contribution in [2.24, 2.45) is 0 Å². The normalized spacial score (nSPS) is 22.2. The lowest BCUT2D eigenvalue weighted by Gasteiger charge is -2.09. The van der Waals surface area contributed by atoms with Crippen LogP contribution in [0.1, 0.15) is 31.7 Å². The van der Waals surface area contributed by atoms with Gasteiger partial charge in [0, 0.05) is 13.0 Å². The van der Waals surface area contributed by atoms with Gasteiger partial charge < -0.3 is 9.47 Å². The van der Waals surface area contributed by atoms with E-state index >= 15 is 0 Å². The van der Waals surface area contributed by atoms with Crippen LogP contribution in [-0.2, 0) is 9.47 Å². The molecule has 0 aliphatic carbocycles. The number of rotatable bonds is 5. The molecule has 0 bridgehead atoms. The van der Waals surface area contributed by atoms with Crippen molar-refractivity contribution in [1.29, 1.82) is 0 Å². The maximum Gasteiger partial charge on any atom is 0.161 e. The summed E-state index contributed by atoms with van der Waals surface area (Å²) in [5.74, 6) is 0. The molecule has 2 rings (SSSR count). The van der Waals surface area contributed by atoms with Gasteiger partial charge in [-0.2, -0.15) is 0 Å². The third kappa shape index (κ3) is 3.99. The predicted octanol–water partition coefficient (Wildman–Crippen LogP) is 3.63. The zero-order valence-corrected chi connectivity index (χ0v) is 10.4. The Bertz CT molecular complexity index is 356. The average Bonchev–Trinajstić information content (AvgIpc) is 2.79. The Kier molecular flexibility index (Phi) is 4.77. The zero-order chi connectivity index (χ0) is 11.9. The SMILES string of the molecule is CCCCO[C@@H]1C/C(=C\c2ccccc2)CO1. The molecule has 0 saturated carbocycles. The molecule has 1 aliphatic heterocycles. The van der Waals surface area contributed by atoms with Gasteiger partial charge in [-0.05, 0) is 17.6 Å². The molecule has 1 heterocycles. The Morgan fingerprint density at radius 3 is 2.94 bits per heavy atom. The van der Waals surface area contributed by atoms with Crippen molar-refractivity contribution in [2.45, 2.75) is 32.5 Å². The molecule has 17 heavy (non-hydrogen) atoms. The summed E-state index contributed by atoms with van der Waals surface area (Å²) < 4.78 is 11.2. The van der Waals surface area contributed by atoms with E-state index in [0.29, 0.717) is 6.61 Å². The molecule has 1 fully saturated rings. The van der Waals surface area contributed by atoms with E-state index in [-0.39, 0.29) is 6.29 Å². The summed E-state index contributed by atoms with van der Waals surface area (Å²) in [7, 11) is 0. The van der Waals surface area contributed by atoms with Crippen molar-refractivity contribution < 1.29 is 9.47 Å². The molecule has 2 heteroatoms. The van der Waals surface area contributed by atoms with Gasteiger partial charge in [-0.1, -0.05) is 49.8 Å². The Morgan fingerprint density at radius 2 is 2.18 bits per heavy atom. The van der Waals surface area contributed by atoms with Gasteiger partial charge in [0.2, 0.25) is 0 Å². The molecule has 1 aromatic carbocycles. The molecule has 0 unspecified atom stereocenters. The van der Waals surface area contributed by atoms with Gasteiger partial charge in [-0.25, -0.2) is 0 Å². The van der Waals surface area contributed by atoms with Crippen molar-refractivity contribution in [3.63, 3.8) is 0 Å². The summed E-state index contributed by atoms with van der Waals surface area (Å²) in [6, 6.07) is 10.4. The second kappa shape index (κ2) is 6.58. The molecule has 2 nitrogen and oxygen atoms in total. The first kappa shape index (κ1) is 12.3. The summed E-state index contributed by atoms with van der Waals surface area (Å²) in [5, 5.41) is 0. The lowest BCUT2D eigenvalue weighted by Crippen LogP contribution is -2.11. The first-order chi connectivity index (χ1) is 8.38. The fraction of sp³-hybridized carbons (Fsp3) is 0.467. The molecule has 0 N–H and O–H groups in total. The molecule has 0 radical (unpaired) electrons. The van der Waals surface area contributed by atoms with Gasteiger partial charge >= 0.3 is 0 Å². The molecule has 1 atom stereocenters. The van der Waals surface area contributed by atoms with Crippen molar-refractivity contribution in [2.75, 3.05) is 13.2 Å². The van der Waals surface area contributed by atoms with Gasteiger partial charge in [0.05, 0.1) is 6.61 Å². The van der Waals surface area contributed by atoms with Crippen LogP contribution in [0.15, 0.2) is 35.9 Å². The fourth-order valence-corrected chi connectivity index (χ4v) is 1.88. The van der Waals surface area contributed by atoms with E-state index in [1.54, 1.807) is 0 Å². The van der Waals surface area contributed by atoms with Gasteiger partial charge in [0.15, 0.2) is 6.29 Å². The van der Waals surface area contributed by atoms with Crippen LogP contribution in [-0.4, -0.2) is 19.5 Å². The van der Waals surface area contributed by atoms with Crippen molar-refractivity contribution in [3.8, 4) is 0 Å². The highest BCUT2D eigenvalue weighted by atomic mass is 16.7. The van der Waals surface area contributed by atoms with Crippen LogP contribution in [0.5, 0.6) is 0 Å². The number of benzene rings is 1. The first-order valence-corrected chi connectivity index (χ1v) is 6.36. The first-order valence-electron chi connectivity index (χ1n) is 6.36. The highest BCUT2D eigenvalue weighted by molar-refractivity contribution is 5.53. The third-order valence-electron chi connectivity index (χ3n) is 2.86. The minimum atomic E-state index is -0.0310. The topological polar surface area (TPSA) is 18.5 Å². The minimum Gasteiger partial charge on any atom is -0.352 e. The van der Waals surface area contributed by atoms with E-state index in [0.717, 1.165) is 19.4 Å². The van der Waals surface area contributed by atoms with Crippen LogP contribution in [0, 0.1) is 0 Å². The molecule has 0 aromatic heterocycles. The lowest BCUT2D eigenvalue weighted by molar-refractivity contribution is -0.111. The smallest absolute Gasteiger partial charge is 0.161 e. The zero-order valence-electron chi connectivity index (χ0n) is 10.4. The summed E-state index contributed by atoms with van der Waals surface area (Å²) in [4.78, 5) is 0. The standard InChI is InChI=1S/C15H20O2/c1-2-3-9-16-15-11-14(12-17-15)10-13-7-5-4-6-8-13/h4-8,10,15H,2-3,9,11-12H2,1H3/b14-10+/t15-/m0/s1. The van der Waals surface area contributed by atoms with E-state index in [1.807, 2.05) is 6.07 Å². The van der Waals surface area contributed by atoms with E-state index in [4.69, 9.17) is 9.47 Å². The van der Waals surface area contributed by atoms with E-state index in [2.05, 4.69) is 37.3 Å². The molecular formula is C15H20O2. The average molecular weight is 232 g/mol. The Balaban J connectivity index is 1.83. The van der Waals surface area contributed by atoms with E-state index in [9.17, 15) is 0 Å². The van der Waals surface area contributed by atoms with Crippen LogP contribution in [0.2, 0.25) is 0 Å². The molecule has 1 aliphatic rings. The van der Waals surface area contributed by atoms with Gasteiger partial charge in [0.1, 0.15) is 0 Å². The minimum absolute atomic E-state index is 0.0310. The van der Waals surface area contributed by atoms with Crippen LogP contribution in [0.3, 0.4) is 0 Å². The number of ether oxygens (including phenoxy) is 2. The second-order valence-corrected chi connectivity index (χ2v) is 4.38. The van der Waals surface area contributed by atoms with Gasteiger partial charge in [0.25, 0.3) is 0 Å². The highest BCUT2D eigenvalue weighted by Crippen LogP contribution is 2.22. The summed E-state index contributed by atoms with van der Waals surface area (Å²) >= 11 is 0. The largest absolute Gasteiger partial charge is 0.352 e. The molecule has 1 saturated heterocycles. The van der Waals surface area contributed by atoms with Gasteiger partial charge in [-0.3, -0.25) is 0 Å². The van der Waals surface area contributed by atoms with E-state index in [1.165, 1.54) is 17.6 Å². The van der Waals surface area contributed by atoms with Crippen LogP contribution < -0.4 is 0 Å². The maximum atomic E-state index is 5.65. The monoisotopic (exact) mass is 232 g/mol. The Labute approximate surface area is 103 Å². The molecular weight excluding hydrogens is 212 g/mol. The Morgan fingerprint density at radius 1 is 1.35 bits per heavy atom. The maximum absolute atomic E-state index is 5.65. The van der Waals surface area contributed by atoms with Crippen molar-refractivity contribution >= 4 is 6.08 Å².